The van der Waals surface area contributed by atoms with Crippen LogP contribution in [0.5, 0.6) is 11.5 Å². The predicted molar refractivity (Wildman–Crippen MR) is 103 cm³/mol. The Kier molecular flexibility index (Phi) is 5.59. The lowest BCUT2D eigenvalue weighted by Gasteiger charge is -2.13. The van der Waals surface area contributed by atoms with Crippen molar-refractivity contribution in [3.8, 4) is 22.8 Å². The van der Waals surface area contributed by atoms with Gasteiger partial charge in [0.15, 0.2) is 5.76 Å². The van der Waals surface area contributed by atoms with Crippen molar-refractivity contribution in [2.24, 2.45) is 0 Å². The second-order valence-electron chi connectivity index (χ2n) is 6.55. The lowest BCUT2D eigenvalue weighted by atomic mass is 10.0. The van der Waals surface area contributed by atoms with Crippen LogP contribution in [0.1, 0.15) is 36.7 Å². The smallest absolute Gasteiger partial charge is 0.223 e. The Labute approximate surface area is 158 Å². The third-order valence-corrected chi connectivity index (χ3v) is 4.12. The van der Waals surface area contributed by atoms with Crippen LogP contribution in [0, 0.1) is 6.92 Å². The summed E-state index contributed by atoms with van der Waals surface area (Å²) in [5.74, 6) is 2.93. The van der Waals surface area contributed by atoms with E-state index in [9.17, 15) is 0 Å². The zero-order valence-corrected chi connectivity index (χ0v) is 16.2. The molecular formula is C20H24N4O3. The Hall–Kier alpha value is -3.09. The molecule has 0 aliphatic carbocycles. The van der Waals surface area contributed by atoms with Gasteiger partial charge in [0.2, 0.25) is 5.95 Å². The van der Waals surface area contributed by atoms with Crippen molar-refractivity contribution in [3.05, 3.63) is 47.4 Å². The molecule has 2 heterocycles. The van der Waals surface area contributed by atoms with Gasteiger partial charge in [-0.3, -0.25) is 0 Å². The first-order chi connectivity index (χ1) is 13.0. The Morgan fingerprint density at radius 1 is 1.07 bits per heavy atom. The Balaban J connectivity index is 1.83. The molecule has 0 fully saturated rings. The van der Waals surface area contributed by atoms with Gasteiger partial charge in [-0.25, -0.2) is 9.97 Å². The monoisotopic (exact) mass is 368 g/mol. The third kappa shape index (κ3) is 4.36. The summed E-state index contributed by atoms with van der Waals surface area (Å²) >= 11 is 0. The highest BCUT2D eigenvalue weighted by molar-refractivity contribution is 5.61. The summed E-state index contributed by atoms with van der Waals surface area (Å²) in [7, 11) is 3.27. The molecule has 7 nitrogen and oxygen atoms in total. The van der Waals surface area contributed by atoms with Crippen molar-refractivity contribution in [3.63, 3.8) is 0 Å². The number of aromatic nitrogens is 3. The number of anilines is 1. The Bertz CT molecular complexity index is 899. The van der Waals surface area contributed by atoms with Crippen LogP contribution in [-0.4, -0.2) is 29.3 Å². The summed E-state index contributed by atoms with van der Waals surface area (Å²) < 4.78 is 16.0. The van der Waals surface area contributed by atoms with Crippen LogP contribution < -0.4 is 14.8 Å². The first-order valence-corrected chi connectivity index (χ1v) is 8.76. The molecule has 142 valence electrons. The number of aryl methyl sites for hydroxylation is 1. The second kappa shape index (κ2) is 8.07. The third-order valence-electron chi connectivity index (χ3n) is 4.12. The number of hydrogen-bond donors (Lipinski definition) is 1. The maximum atomic E-state index is 5.38. The molecule has 0 aliphatic rings. The quantitative estimate of drug-likeness (QED) is 0.669. The first kappa shape index (κ1) is 18.7. The molecule has 0 saturated carbocycles. The fourth-order valence-electron chi connectivity index (χ4n) is 2.75. The van der Waals surface area contributed by atoms with E-state index in [0.29, 0.717) is 18.3 Å². The first-order valence-electron chi connectivity index (χ1n) is 8.76. The Morgan fingerprint density at radius 3 is 2.33 bits per heavy atom. The molecule has 2 aromatic heterocycles. The summed E-state index contributed by atoms with van der Waals surface area (Å²) in [6.45, 7) is 6.62. The van der Waals surface area contributed by atoms with Crippen LogP contribution in [0.15, 0.2) is 35.0 Å². The molecule has 0 amide bonds. The van der Waals surface area contributed by atoms with E-state index >= 15 is 0 Å². The normalized spacial score (nSPS) is 10.9. The molecule has 1 N–H and O–H groups in total. The summed E-state index contributed by atoms with van der Waals surface area (Å²) in [4.78, 5) is 9.12. The highest BCUT2D eigenvalue weighted by atomic mass is 16.5. The Morgan fingerprint density at radius 2 is 1.78 bits per heavy atom. The number of nitrogens with one attached hydrogen (secondary N) is 1. The minimum atomic E-state index is 0.214. The molecule has 0 atom stereocenters. The number of ether oxygens (including phenoxy) is 2. The summed E-state index contributed by atoms with van der Waals surface area (Å²) in [6, 6.07) is 7.63. The van der Waals surface area contributed by atoms with Crippen LogP contribution >= 0.6 is 0 Å². The molecule has 0 spiro atoms. The van der Waals surface area contributed by atoms with Crippen molar-refractivity contribution < 1.29 is 14.0 Å². The van der Waals surface area contributed by atoms with E-state index in [-0.39, 0.29) is 5.92 Å². The maximum Gasteiger partial charge on any atom is 0.223 e. The van der Waals surface area contributed by atoms with Gasteiger partial charge in [0, 0.05) is 24.9 Å². The molecule has 0 unspecified atom stereocenters. The van der Waals surface area contributed by atoms with Gasteiger partial charge in [-0.05, 0) is 30.5 Å². The van der Waals surface area contributed by atoms with Crippen LogP contribution in [-0.2, 0) is 6.54 Å². The maximum absolute atomic E-state index is 5.38. The minimum absolute atomic E-state index is 0.214. The van der Waals surface area contributed by atoms with Gasteiger partial charge < -0.3 is 19.3 Å². The number of hydrogen-bond acceptors (Lipinski definition) is 7. The molecule has 27 heavy (non-hydrogen) atoms. The molecule has 7 heteroatoms. The average molecular weight is 368 g/mol. The highest BCUT2D eigenvalue weighted by Gasteiger charge is 2.16. The van der Waals surface area contributed by atoms with Crippen LogP contribution in [0.4, 0.5) is 5.95 Å². The molecule has 3 rings (SSSR count). The van der Waals surface area contributed by atoms with Crippen molar-refractivity contribution in [2.45, 2.75) is 33.2 Å². The van der Waals surface area contributed by atoms with E-state index in [4.69, 9.17) is 14.0 Å². The van der Waals surface area contributed by atoms with Crippen LogP contribution in [0.25, 0.3) is 11.3 Å². The lowest BCUT2D eigenvalue weighted by molar-refractivity contribution is 0.393. The molecule has 0 bridgehead atoms. The van der Waals surface area contributed by atoms with E-state index in [0.717, 1.165) is 34.0 Å². The van der Waals surface area contributed by atoms with Gasteiger partial charge in [-0.1, -0.05) is 19.0 Å². The average Bonchev–Trinajstić information content (AvgIpc) is 3.11. The fourth-order valence-corrected chi connectivity index (χ4v) is 2.75. The van der Waals surface area contributed by atoms with E-state index < -0.39 is 0 Å². The fraction of sp³-hybridized carbons (Fsp3) is 0.350. The summed E-state index contributed by atoms with van der Waals surface area (Å²) in [5, 5.41) is 7.22. The number of nitrogens with zero attached hydrogens (tertiary/aromatic N) is 3. The SMILES string of the molecule is COc1cc(CNc2ncc(-c3cc(C)no3)c(C(C)C)n2)cc(OC)c1. The zero-order valence-electron chi connectivity index (χ0n) is 16.2. The zero-order chi connectivity index (χ0) is 19.4. The molecule has 0 saturated heterocycles. The number of benzene rings is 1. The van der Waals surface area contributed by atoms with Gasteiger partial charge in [0.05, 0.1) is 31.2 Å². The number of rotatable bonds is 7. The standard InChI is InChI=1S/C20H24N4O3/c1-12(2)19-17(18-6-13(3)24-27-18)11-22-20(23-19)21-10-14-7-15(25-4)9-16(8-14)26-5/h6-9,11-12H,10H2,1-5H3,(H,21,22,23). The highest BCUT2D eigenvalue weighted by Crippen LogP contribution is 2.29. The summed E-state index contributed by atoms with van der Waals surface area (Å²) in [5.41, 5.74) is 3.61. The topological polar surface area (TPSA) is 82.3 Å². The van der Waals surface area contributed by atoms with Gasteiger partial charge in [-0.2, -0.15) is 0 Å². The van der Waals surface area contributed by atoms with Crippen molar-refractivity contribution >= 4 is 5.95 Å². The second-order valence-corrected chi connectivity index (χ2v) is 6.55. The van der Waals surface area contributed by atoms with Crippen LogP contribution in [0.3, 0.4) is 0 Å². The van der Waals surface area contributed by atoms with Crippen molar-refractivity contribution in [1.29, 1.82) is 0 Å². The molecular weight excluding hydrogens is 344 g/mol. The van der Waals surface area contributed by atoms with E-state index in [1.807, 2.05) is 31.2 Å². The van der Waals surface area contributed by atoms with Gasteiger partial charge in [0.1, 0.15) is 11.5 Å². The van der Waals surface area contributed by atoms with Crippen molar-refractivity contribution in [1.82, 2.24) is 15.1 Å². The molecule has 3 aromatic rings. The van der Waals surface area contributed by atoms with E-state index in [2.05, 4.69) is 34.3 Å². The number of methoxy groups -OCH3 is 2. The molecule has 0 aliphatic heterocycles. The van der Waals surface area contributed by atoms with Gasteiger partial charge in [-0.15, -0.1) is 0 Å². The van der Waals surface area contributed by atoms with Crippen molar-refractivity contribution in [2.75, 3.05) is 19.5 Å². The van der Waals surface area contributed by atoms with Gasteiger partial charge in [0.25, 0.3) is 0 Å². The predicted octanol–water partition coefficient (Wildman–Crippen LogP) is 4.19. The van der Waals surface area contributed by atoms with E-state index in [1.165, 1.54) is 0 Å². The summed E-state index contributed by atoms with van der Waals surface area (Å²) in [6.07, 6.45) is 1.77. The molecule has 1 aromatic carbocycles. The van der Waals surface area contributed by atoms with Crippen LogP contribution in [0.2, 0.25) is 0 Å². The lowest BCUT2D eigenvalue weighted by Crippen LogP contribution is -2.07. The molecule has 0 radical (unpaired) electrons. The van der Waals surface area contributed by atoms with Gasteiger partial charge >= 0.3 is 0 Å². The largest absolute Gasteiger partial charge is 0.497 e. The van der Waals surface area contributed by atoms with E-state index in [1.54, 1.807) is 20.4 Å². The minimum Gasteiger partial charge on any atom is -0.497 e.